The van der Waals surface area contributed by atoms with Gasteiger partial charge in [0.25, 0.3) is 0 Å². The Labute approximate surface area is 133 Å². The normalized spacial score (nSPS) is 53.2. The van der Waals surface area contributed by atoms with Gasteiger partial charge in [0.1, 0.15) is 0 Å². The van der Waals surface area contributed by atoms with Crippen LogP contribution in [0.15, 0.2) is 24.3 Å². The highest BCUT2D eigenvalue weighted by Crippen LogP contribution is 2.65. The monoisotopic (exact) mass is 303 g/mol. The van der Waals surface area contributed by atoms with Gasteiger partial charge in [0.05, 0.1) is 0 Å². The summed E-state index contributed by atoms with van der Waals surface area (Å²) in [5.74, 6) is 2.30. The van der Waals surface area contributed by atoms with Crippen molar-refractivity contribution in [1.82, 2.24) is 0 Å². The van der Waals surface area contributed by atoms with E-state index >= 15 is 0 Å². The zero-order valence-corrected chi connectivity index (χ0v) is 13.5. The number of fused-ring (bicyclic) bond motifs is 5. The van der Waals surface area contributed by atoms with Gasteiger partial charge in [0.2, 0.25) is 0 Å². The lowest BCUT2D eigenvalue weighted by Crippen LogP contribution is -2.58. The first kappa shape index (κ1) is 14.9. The molecule has 0 aromatic carbocycles. The Morgan fingerprint density at radius 2 is 1.86 bits per heavy atom. The van der Waals surface area contributed by atoms with Crippen molar-refractivity contribution in [2.75, 3.05) is 0 Å². The highest BCUT2D eigenvalue weighted by atomic mass is 16.5. The maximum Gasteiger partial charge on any atom is 0.158 e. The summed E-state index contributed by atoms with van der Waals surface area (Å²) in [6, 6.07) is -0.0502. The van der Waals surface area contributed by atoms with E-state index in [4.69, 9.17) is 5.73 Å². The summed E-state index contributed by atoms with van der Waals surface area (Å²) in [6.07, 6.45) is 14.4. The lowest BCUT2D eigenvalue weighted by molar-refractivity contribution is -0.196. The minimum atomic E-state index is -1.26. The van der Waals surface area contributed by atoms with Gasteiger partial charge in [-0.3, -0.25) is 0 Å². The number of allylic oxidation sites excluding steroid dienone is 4. The Morgan fingerprint density at radius 3 is 2.64 bits per heavy atom. The molecule has 3 fully saturated rings. The average molecular weight is 303 g/mol. The molecule has 0 radical (unpaired) electrons. The molecule has 0 heterocycles. The van der Waals surface area contributed by atoms with Crippen molar-refractivity contribution in [3.63, 3.8) is 0 Å². The van der Waals surface area contributed by atoms with E-state index in [2.05, 4.69) is 31.2 Å². The lowest BCUT2D eigenvalue weighted by Gasteiger charge is -2.59. The van der Waals surface area contributed by atoms with Crippen molar-refractivity contribution < 1.29 is 10.2 Å². The first-order chi connectivity index (χ1) is 10.5. The maximum absolute atomic E-state index is 10.1. The van der Waals surface area contributed by atoms with Gasteiger partial charge in [-0.1, -0.05) is 31.2 Å². The zero-order chi connectivity index (χ0) is 15.5. The average Bonchev–Trinajstić information content (AvgIpc) is 2.85. The first-order valence-corrected chi connectivity index (χ1v) is 8.98. The minimum Gasteiger partial charge on any atom is -0.368 e. The van der Waals surface area contributed by atoms with Gasteiger partial charge >= 0.3 is 0 Å². The second-order valence-electron chi connectivity index (χ2n) is 8.38. The Balaban J connectivity index is 1.70. The van der Waals surface area contributed by atoms with Crippen LogP contribution in [0.4, 0.5) is 0 Å². The highest BCUT2D eigenvalue weighted by molar-refractivity contribution is 5.24. The van der Waals surface area contributed by atoms with Gasteiger partial charge in [-0.15, -0.1) is 0 Å². The molecule has 4 aliphatic carbocycles. The zero-order valence-electron chi connectivity index (χ0n) is 13.5. The van der Waals surface area contributed by atoms with Crippen LogP contribution in [0, 0.1) is 34.5 Å². The van der Waals surface area contributed by atoms with Crippen LogP contribution in [0.1, 0.15) is 45.4 Å². The Kier molecular flexibility index (Phi) is 3.34. The summed E-state index contributed by atoms with van der Waals surface area (Å²) >= 11 is 0. The van der Waals surface area contributed by atoms with Gasteiger partial charge in [0, 0.05) is 11.5 Å². The molecule has 7 atom stereocenters. The van der Waals surface area contributed by atoms with Crippen molar-refractivity contribution in [3.8, 4) is 0 Å². The lowest BCUT2D eigenvalue weighted by atomic mass is 9.46. The quantitative estimate of drug-likeness (QED) is 0.652. The fourth-order valence-electron chi connectivity index (χ4n) is 6.71. The maximum atomic E-state index is 10.1. The molecule has 4 aliphatic rings. The van der Waals surface area contributed by atoms with Crippen LogP contribution >= 0.6 is 0 Å². The third kappa shape index (κ3) is 1.73. The summed E-state index contributed by atoms with van der Waals surface area (Å²) in [6.45, 7) is 2.42. The van der Waals surface area contributed by atoms with Crippen molar-refractivity contribution in [2.45, 2.75) is 57.8 Å². The summed E-state index contributed by atoms with van der Waals surface area (Å²) in [7, 11) is 0. The summed E-state index contributed by atoms with van der Waals surface area (Å²) < 4.78 is 0. The number of aliphatic hydroxyl groups is 2. The molecule has 4 rings (SSSR count). The van der Waals surface area contributed by atoms with Crippen LogP contribution in [-0.4, -0.2) is 22.5 Å². The summed E-state index contributed by atoms with van der Waals surface area (Å²) in [5, 5.41) is 20.3. The standard InChI is InChI=1S/C19H29NO2/c1-18-10-3-2-4-12(18)5-6-13-14(18)9-11-19(17(21)22)15(13)7-8-16(19)20/h2-4,10,12-17,21-22H,5-9,11,20H2,1H3/t12?,13-,14+,15+,16+,18+,19-/m1/s1. The van der Waals surface area contributed by atoms with Crippen molar-refractivity contribution in [1.29, 1.82) is 0 Å². The molecule has 0 aliphatic heterocycles. The highest BCUT2D eigenvalue weighted by Gasteiger charge is 2.62. The molecular weight excluding hydrogens is 274 g/mol. The predicted molar refractivity (Wildman–Crippen MR) is 86.7 cm³/mol. The number of hydrogen-bond donors (Lipinski definition) is 3. The van der Waals surface area contributed by atoms with Crippen molar-refractivity contribution in [2.24, 2.45) is 40.2 Å². The Hall–Kier alpha value is -0.640. The van der Waals surface area contributed by atoms with Crippen LogP contribution in [0.2, 0.25) is 0 Å². The topological polar surface area (TPSA) is 66.5 Å². The molecule has 122 valence electrons. The number of aliphatic hydroxyl groups excluding tert-OH is 1. The SMILES string of the molecule is C[C@]12C=CC=CC1CC[C@H]1[C@@H]3CC[C@H](N)[C@@]3(C(O)O)CC[C@@H]12. The van der Waals surface area contributed by atoms with E-state index < -0.39 is 11.7 Å². The van der Waals surface area contributed by atoms with Gasteiger partial charge in [-0.25, -0.2) is 0 Å². The van der Waals surface area contributed by atoms with Gasteiger partial charge < -0.3 is 15.9 Å². The molecule has 3 heteroatoms. The first-order valence-electron chi connectivity index (χ1n) is 8.98. The molecule has 3 nitrogen and oxygen atoms in total. The smallest absolute Gasteiger partial charge is 0.158 e. The third-order valence-corrected chi connectivity index (χ3v) is 7.89. The molecular formula is C19H29NO2. The summed E-state index contributed by atoms with van der Waals surface area (Å²) in [4.78, 5) is 0. The van der Waals surface area contributed by atoms with Crippen LogP contribution in [0.5, 0.6) is 0 Å². The van der Waals surface area contributed by atoms with Gasteiger partial charge in [0.15, 0.2) is 6.29 Å². The van der Waals surface area contributed by atoms with Crippen molar-refractivity contribution in [3.05, 3.63) is 24.3 Å². The number of nitrogens with two attached hydrogens (primary N) is 1. The molecule has 1 unspecified atom stereocenters. The van der Waals surface area contributed by atoms with Crippen LogP contribution in [0.3, 0.4) is 0 Å². The molecule has 0 aromatic heterocycles. The molecule has 0 aromatic rings. The van der Waals surface area contributed by atoms with Gasteiger partial charge in [-0.2, -0.15) is 0 Å². The second-order valence-corrected chi connectivity index (χ2v) is 8.38. The minimum absolute atomic E-state index is 0.0502. The molecule has 3 saturated carbocycles. The second kappa shape index (κ2) is 4.93. The van der Waals surface area contributed by atoms with E-state index in [-0.39, 0.29) is 11.5 Å². The van der Waals surface area contributed by atoms with Crippen LogP contribution in [0.25, 0.3) is 0 Å². The number of hydrogen-bond acceptors (Lipinski definition) is 3. The molecule has 0 spiro atoms. The van der Waals surface area contributed by atoms with E-state index in [1.54, 1.807) is 0 Å². The molecule has 0 bridgehead atoms. The number of rotatable bonds is 1. The largest absolute Gasteiger partial charge is 0.368 e. The Morgan fingerprint density at radius 1 is 1.05 bits per heavy atom. The van der Waals surface area contributed by atoms with E-state index in [9.17, 15) is 10.2 Å². The molecule has 0 amide bonds. The Bertz CT molecular complexity index is 514. The van der Waals surface area contributed by atoms with E-state index in [1.165, 1.54) is 12.8 Å². The predicted octanol–water partition coefficient (Wildman–Crippen LogP) is 2.59. The van der Waals surface area contributed by atoms with E-state index in [1.807, 2.05) is 0 Å². The van der Waals surface area contributed by atoms with Crippen LogP contribution in [-0.2, 0) is 0 Å². The van der Waals surface area contributed by atoms with Crippen LogP contribution < -0.4 is 5.73 Å². The molecule has 4 N–H and O–H groups in total. The van der Waals surface area contributed by atoms with E-state index in [0.29, 0.717) is 23.7 Å². The molecule has 0 saturated heterocycles. The van der Waals surface area contributed by atoms with E-state index in [0.717, 1.165) is 25.7 Å². The third-order valence-electron chi connectivity index (χ3n) is 7.89. The fourth-order valence-corrected chi connectivity index (χ4v) is 6.71. The van der Waals surface area contributed by atoms with Gasteiger partial charge in [-0.05, 0) is 67.6 Å². The molecule has 22 heavy (non-hydrogen) atoms. The van der Waals surface area contributed by atoms with Crippen molar-refractivity contribution >= 4 is 0 Å². The fraction of sp³-hybridized carbons (Fsp3) is 0.789. The summed E-state index contributed by atoms with van der Waals surface area (Å²) in [5.41, 5.74) is 6.17.